The quantitative estimate of drug-likeness (QED) is 0.397. The standard InChI is InChI=1S/C8H5N3S2/c9-11-10-7-2-4-13-8(7)6-1-3-12-5-6/h1-5H. The molecule has 2 aromatic heterocycles. The van der Waals surface area contributed by atoms with Gasteiger partial charge in [-0.25, -0.2) is 0 Å². The Morgan fingerprint density at radius 2 is 2.23 bits per heavy atom. The van der Waals surface area contributed by atoms with E-state index in [9.17, 15) is 0 Å². The van der Waals surface area contributed by atoms with Crippen molar-refractivity contribution in [1.82, 2.24) is 0 Å². The van der Waals surface area contributed by atoms with Crippen molar-refractivity contribution in [2.75, 3.05) is 0 Å². The van der Waals surface area contributed by atoms with Gasteiger partial charge >= 0.3 is 0 Å². The zero-order valence-corrected chi connectivity index (χ0v) is 8.18. The SMILES string of the molecule is [N-]=[N+]=Nc1ccsc1-c1ccsc1. The maximum atomic E-state index is 8.33. The molecule has 0 spiro atoms. The van der Waals surface area contributed by atoms with E-state index in [2.05, 4.69) is 10.0 Å². The van der Waals surface area contributed by atoms with Gasteiger partial charge < -0.3 is 0 Å². The number of nitrogens with zero attached hydrogens (tertiary/aromatic N) is 3. The minimum atomic E-state index is 0.714. The van der Waals surface area contributed by atoms with Gasteiger partial charge in [-0.3, -0.25) is 0 Å². The summed E-state index contributed by atoms with van der Waals surface area (Å²) in [4.78, 5) is 3.82. The first-order chi connectivity index (χ1) is 6.42. The van der Waals surface area contributed by atoms with Gasteiger partial charge in [-0.05, 0) is 33.8 Å². The van der Waals surface area contributed by atoms with Crippen molar-refractivity contribution < 1.29 is 0 Å². The first kappa shape index (κ1) is 8.31. The number of azide groups is 1. The lowest BCUT2D eigenvalue weighted by molar-refractivity contribution is 1.52. The van der Waals surface area contributed by atoms with E-state index in [1.54, 1.807) is 22.7 Å². The topological polar surface area (TPSA) is 48.8 Å². The van der Waals surface area contributed by atoms with E-state index >= 15 is 0 Å². The summed E-state index contributed by atoms with van der Waals surface area (Å²) in [5, 5.41) is 9.60. The predicted octanol–water partition coefficient (Wildman–Crippen LogP) is 4.42. The number of hydrogen-bond acceptors (Lipinski definition) is 3. The van der Waals surface area contributed by atoms with E-state index < -0.39 is 0 Å². The normalized spacial score (nSPS) is 9.54. The Balaban J connectivity index is 2.52. The highest BCUT2D eigenvalue weighted by Gasteiger charge is 2.04. The molecule has 0 N–H and O–H groups in total. The van der Waals surface area contributed by atoms with Gasteiger partial charge in [-0.1, -0.05) is 5.11 Å². The van der Waals surface area contributed by atoms with E-state index in [1.165, 1.54) is 0 Å². The molecule has 0 bridgehead atoms. The number of hydrogen-bond donors (Lipinski definition) is 0. The minimum absolute atomic E-state index is 0.714. The van der Waals surface area contributed by atoms with Crippen LogP contribution in [0.3, 0.4) is 0 Å². The molecular weight excluding hydrogens is 202 g/mol. The van der Waals surface area contributed by atoms with Crippen molar-refractivity contribution in [3.8, 4) is 10.4 Å². The van der Waals surface area contributed by atoms with E-state index in [-0.39, 0.29) is 0 Å². The van der Waals surface area contributed by atoms with Crippen molar-refractivity contribution >= 4 is 28.4 Å². The van der Waals surface area contributed by atoms with Crippen LogP contribution in [0.5, 0.6) is 0 Å². The molecule has 0 aliphatic heterocycles. The molecule has 0 atom stereocenters. The third-order valence-corrected chi connectivity index (χ3v) is 3.22. The predicted molar refractivity (Wildman–Crippen MR) is 56.4 cm³/mol. The highest BCUT2D eigenvalue weighted by molar-refractivity contribution is 7.15. The van der Waals surface area contributed by atoms with Crippen LogP contribution in [0.1, 0.15) is 0 Å². The molecule has 0 saturated heterocycles. The summed E-state index contributed by atoms with van der Waals surface area (Å²) in [5.41, 5.74) is 10.2. The molecular formula is C8H5N3S2. The van der Waals surface area contributed by atoms with Crippen LogP contribution in [-0.2, 0) is 0 Å². The summed E-state index contributed by atoms with van der Waals surface area (Å²) in [6, 6.07) is 3.85. The fourth-order valence-corrected chi connectivity index (χ4v) is 2.59. The van der Waals surface area contributed by atoms with Gasteiger partial charge in [0, 0.05) is 15.4 Å². The van der Waals surface area contributed by atoms with Gasteiger partial charge in [-0.15, -0.1) is 11.3 Å². The summed E-state index contributed by atoms with van der Waals surface area (Å²) >= 11 is 3.23. The average Bonchev–Trinajstić information content (AvgIpc) is 2.71. The molecule has 0 aromatic carbocycles. The van der Waals surface area contributed by atoms with E-state index in [0.717, 1.165) is 10.4 Å². The smallest absolute Gasteiger partial charge is 0.0561 e. The number of rotatable bonds is 2. The lowest BCUT2D eigenvalue weighted by atomic mass is 10.2. The first-order valence-electron chi connectivity index (χ1n) is 3.57. The van der Waals surface area contributed by atoms with Crippen LogP contribution in [0, 0.1) is 0 Å². The second kappa shape index (κ2) is 3.62. The Morgan fingerprint density at radius 1 is 1.31 bits per heavy atom. The van der Waals surface area contributed by atoms with Crippen LogP contribution < -0.4 is 0 Å². The summed E-state index contributed by atoms with van der Waals surface area (Å²) in [5.74, 6) is 0. The molecule has 3 nitrogen and oxygen atoms in total. The zero-order chi connectivity index (χ0) is 9.10. The van der Waals surface area contributed by atoms with Gasteiger partial charge in [0.2, 0.25) is 0 Å². The second-order valence-corrected chi connectivity index (χ2v) is 4.03. The maximum absolute atomic E-state index is 8.33. The Labute approximate surface area is 82.9 Å². The minimum Gasteiger partial charge on any atom is -0.152 e. The van der Waals surface area contributed by atoms with Gasteiger partial charge in [0.1, 0.15) is 0 Å². The molecule has 0 aliphatic carbocycles. The summed E-state index contributed by atoms with van der Waals surface area (Å²) in [6.45, 7) is 0. The molecule has 0 fully saturated rings. The van der Waals surface area contributed by atoms with Crippen LogP contribution in [0.2, 0.25) is 0 Å². The van der Waals surface area contributed by atoms with Crippen molar-refractivity contribution in [1.29, 1.82) is 0 Å². The molecule has 0 aliphatic rings. The molecule has 13 heavy (non-hydrogen) atoms. The van der Waals surface area contributed by atoms with Gasteiger partial charge in [-0.2, -0.15) is 11.3 Å². The molecule has 5 heteroatoms. The molecule has 0 saturated carbocycles. The highest BCUT2D eigenvalue weighted by atomic mass is 32.1. The zero-order valence-electron chi connectivity index (χ0n) is 6.54. The third-order valence-electron chi connectivity index (χ3n) is 1.58. The largest absolute Gasteiger partial charge is 0.152 e. The van der Waals surface area contributed by atoms with E-state index in [0.29, 0.717) is 5.69 Å². The van der Waals surface area contributed by atoms with Crippen LogP contribution >= 0.6 is 22.7 Å². The monoisotopic (exact) mass is 207 g/mol. The lowest BCUT2D eigenvalue weighted by Crippen LogP contribution is -1.63. The Kier molecular flexibility index (Phi) is 2.31. The first-order valence-corrected chi connectivity index (χ1v) is 5.39. The van der Waals surface area contributed by atoms with Gasteiger partial charge in [0.05, 0.1) is 5.69 Å². The molecule has 2 rings (SSSR count). The van der Waals surface area contributed by atoms with Crippen LogP contribution in [-0.4, -0.2) is 0 Å². The van der Waals surface area contributed by atoms with Crippen LogP contribution in [0.25, 0.3) is 20.9 Å². The van der Waals surface area contributed by atoms with Gasteiger partial charge in [0.25, 0.3) is 0 Å². The number of thiophene rings is 2. The van der Waals surface area contributed by atoms with Crippen molar-refractivity contribution in [3.63, 3.8) is 0 Å². The summed E-state index contributed by atoms with van der Waals surface area (Å²) in [6.07, 6.45) is 0. The Bertz CT molecular complexity index is 438. The van der Waals surface area contributed by atoms with Crippen molar-refractivity contribution in [2.45, 2.75) is 0 Å². The summed E-state index contributed by atoms with van der Waals surface area (Å²) < 4.78 is 0. The van der Waals surface area contributed by atoms with Crippen molar-refractivity contribution in [2.24, 2.45) is 5.11 Å². The molecule has 0 radical (unpaired) electrons. The van der Waals surface area contributed by atoms with Crippen LogP contribution in [0.15, 0.2) is 33.4 Å². The van der Waals surface area contributed by atoms with Gasteiger partial charge in [0.15, 0.2) is 0 Å². The van der Waals surface area contributed by atoms with E-state index in [1.807, 2.05) is 28.3 Å². The van der Waals surface area contributed by atoms with Crippen LogP contribution in [0.4, 0.5) is 5.69 Å². The summed E-state index contributed by atoms with van der Waals surface area (Å²) in [7, 11) is 0. The Morgan fingerprint density at radius 3 is 2.92 bits per heavy atom. The fraction of sp³-hybridized carbons (Fsp3) is 0. The molecule has 2 heterocycles. The average molecular weight is 207 g/mol. The molecule has 0 amide bonds. The molecule has 2 aromatic rings. The van der Waals surface area contributed by atoms with E-state index in [4.69, 9.17) is 5.53 Å². The second-order valence-electron chi connectivity index (χ2n) is 2.34. The maximum Gasteiger partial charge on any atom is 0.0561 e. The van der Waals surface area contributed by atoms with Crippen molar-refractivity contribution in [3.05, 3.63) is 38.7 Å². The molecule has 0 unspecified atom stereocenters. The molecule has 64 valence electrons. The highest BCUT2D eigenvalue weighted by Crippen LogP contribution is 2.36. The third kappa shape index (κ3) is 1.58. The lowest BCUT2D eigenvalue weighted by Gasteiger charge is -1.92. The fourth-order valence-electron chi connectivity index (χ4n) is 1.04. The Hall–Kier alpha value is -1.29.